The molecule has 0 fully saturated rings. The van der Waals surface area contributed by atoms with Crippen LogP contribution in [-0.4, -0.2) is 42.4 Å². The maximum atomic E-state index is 12.0. The van der Waals surface area contributed by atoms with Gasteiger partial charge in [-0.2, -0.15) is 9.78 Å². The number of nitro benzene ring substituents is 1. The van der Waals surface area contributed by atoms with E-state index in [1.165, 1.54) is 24.4 Å². The van der Waals surface area contributed by atoms with Crippen LogP contribution in [0.2, 0.25) is 0 Å². The van der Waals surface area contributed by atoms with Crippen LogP contribution >= 0.6 is 0 Å². The van der Waals surface area contributed by atoms with Gasteiger partial charge < -0.3 is 5.73 Å². The lowest BCUT2D eigenvalue weighted by molar-refractivity contribution is -0.385. The summed E-state index contributed by atoms with van der Waals surface area (Å²) in [6, 6.07) is 5.95. The molecule has 0 bridgehead atoms. The van der Waals surface area contributed by atoms with Crippen molar-refractivity contribution < 1.29 is 14.3 Å². The van der Waals surface area contributed by atoms with Gasteiger partial charge in [0.15, 0.2) is 5.69 Å². The number of aromatic nitrogens is 5. The molecule has 3 N–H and O–H groups in total. The number of para-hydroxylation sites is 1. The first-order valence-corrected chi connectivity index (χ1v) is 6.64. The summed E-state index contributed by atoms with van der Waals surface area (Å²) in [5.41, 5.74) is 7.71. The Morgan fingerprint density at radius 3 is 2.92 bits per heavy atom. The monoisotopic (exact) mass is 343 g/mol. The Bertz CT molecular complexity index is 961. The summed E-state index contributed by atoms with van der Waals surface area (Å²) in [5.74, 6) is -0.627. The smallest absolute Gasteiger partial charge is 0.293 e. The van der Waals surface area contributed by atoms with Crippen molar-refractivity contribution in [1.29, 1.82) is 0 Å². The number of nitrogens with one attached hydrogen (secondary N) is 1. The van der Waals surface area contributed by atoms with E-state index in [0.717, 1.165) is 10.9 Å². The zero-order valence-electron chi connectivity index (χ0n) is 12.3. The molecule has 0 spiro atoms. The Balaban J connectivity index is 1.71. The van der Waals surface area contributed by atoms with Crippen molar-refractivity contribution in [3.05, 3.63) is 51.8 Å². The molecule has 2 heterocycles. The third-order valence-electron chi connectivity index (χ3n) is 2.94. The summed E-state index contributed by atoms with van der Waals surface area (Å²) in [4.78, 5) is 22.3. The number of rotatable bonds is 5. The zero-order chi connectivity index (χ0) is 17.8. The van der Waals surface area contributed by atoms with E-state index < -0.39 is 10.8 Å². The Kier molecular flexibility index (Phi) is 4.11. The standard InChI is InChI=1S/C12H9N9O4/c13-10-11(18-25-17-10)20-6-8(15-19-20)12(22)16-14-5-7-3-1-2-4-9(7)21(23)24/h1-6H,(H2,13,17)(H,16,22). The molecule has 1 aromatic carbocycles. The minimum atomic E-state index is -0.684. The summed E-state index contributed by atoms with van der Waals surface area (Å²) >= 11 is 0. The molecule has 13 heteroatoms. The molecule has 13 nitrogen and oxygen atoms in total. The molecule has 25 heavy (non-hydrogen) atoms. The van der Waals surface area contributed by atoms with Crippen LogP contribution in [0.4, 0.5) is 11.5 Å². The average Bonchev–Trinajstić information content (AvgIpc) is 3.23. The predicted molar refractivity (Wildman–Crippen MR) is 81.8 cm³/mol. The molecule has 0 aliphatic heterocycles. The van der Waals surface area contributed by atoms with E-state index in [4.69, 9.17) is 5.73 Å². The Labute approximate surface area is 138 Å². The summed E-state index contributed by atoms with van der Waals surface area (Å²) in [6.07, 6.45) is 2.39. The van der Waals surface area contributed by atoms with Crippen LogP contribution in [0.15, 0.2) is 40.2 Å². The number of amides is 1. The molecule has 0 atom stereocenters. The second kappa shape index (κ2) is 6.53. The van der Waals surface area contributed by atoms with Gasteiger partial charge in [-0.3, -0.25) is 14.9 Å². The third-order valence-corrected chi connectivity index (χ3v) is 2.94. The summed E-state index contributed by atoms with van der Waals surface area (Å²) < 4.78 is 5.52. The number of nitrogen functional groups attached to an aromatic ring is 1. The van der Waals surface area contributed by atoms with Gasteiger partial charge in [-0.25, -0.2) is 10.1 Å². The van der Waals surface area contributed by atoms with E-state index in [1.807, 2.05) is 0 Å². The van der Waals surface area contributed by atoms with Gasteiger partial charge in [0.05, 0.1) is 22.9 Å². The average molecular weight is 343 g/mol. The highest BCUT2D eigenvalue weighted by Crippen LogP contribution is 2.15. The molecule has 0 radical (unpaired) electrons. The fraction of sp³-hybridized carbons (Fsp3) is 0. The highest BCUT2D eigenvalue weighted by atomic mass is 16.6. The Morgan fingerprint density at radius 1 is 1.40 bits per heavy atom. The molecular weight excluding hydrogens is 334 g/mol. The second-order valence-corrected chi connectivity index (χ2v) is 4.54. The lowest BCUT2D eigenvalue weighted by Gasteiger charge is -1.97. The molecule has 3 aromatic rings. The summed E-state index contributed by atoms with van der Waals surface area (Å²) in [7, 11) is 0. The topological polar surface area (TPSA) is 180 Å². The Hall–Kier alpha value is -4.16. The normalized spacial score (nSPS) is 10.9. The number of nitro groups is 1. The minimum absolute atomic E-state index is 0.0220. The van der Waals surface area contributed by atoms with E-state index in [1.54, 1.807) is 6.07 Å². The maximum absolute atomic E-state index is 12.0. The zero-order valence-corrected chi connectivity index (χ0v) is 12.3. The number of hydrogen-bond donors (Lipinski definition) is 2. The number of nitrogens with zero attached hydrogens (tertiary/aromatic N) is 7. The quantitative estimate of drug-likeness (QED) is 0.363. The van der Waals surface area contributed by atoms with Crippen molar-refractivity contribution in [1.82, 2.24) is 30.7 Å². The number of benzene rings is 1. The van der Waals surface area contributed by atoms with Crippen molar-refractivity contribution in [3.8, 4) is 5.82 Å². The highest BCUT2D eigenvalue weighted by molar-refractivity contribution is 5.93. The van der Waals surface area contributed by atoms with Gasteiger partial charge in [-0.1, -0.05) is 17.3 Å². The van der Waals surface area contributed by atoms with Gasteiger partial charge in [0.25, 0.3) is 11.6 Å². The number of carbonyl (C=O) groups is 1. The van der Waals surface area contributed by atoms with Crippen LogP contribution in [0.1, 0.15) is 16.1 Å². The molecule has 0 aliphatic carbocycles. The molecule has 3 rings (SSSR count). The lowest BCUT2D eigenvalue weighted by atomic mass is 10.2. The van der Waals surface area contributed by atoms with Crippen molar-refractivity contribution in [2.24, 2.45) is 5.10 Å². The molecule has 0 aliphatic rings. The number of nitrogens with two attached hydrogens (primary N) is 1. The molecule has 2 aromatic heterocycles. The van der Waals surface area contributed by atoms with Gasteiger partial charge in [0.1, 0.15) is 0 Å². The molecule has 0 saturated heterocycles. The van der Waals surface area contributed by atoms with Crippen LogP contribution in [0.25, 0.3) is 5.82 Å². The maximum Gasteiger partial charge on any atom is 0.293 e. The first-order valence-electron chi connectivity index (χ1n) is 6.64. The first-order chi connectivity index (χ1) is 12.1. The fourth-order valence-corrected chi connectivity index (χ4v) is 1.80. The van der Waals surface area contributed by atoms with Gasteiger partial charge in [-0.05, 0) is 16.4 Å². The SMILES string of the molecule is Nc1nonc1-n1cc(C(=O)NN=Cc2ccccc2[N+](=O)[O-])nn1. The fourth-order valence-electron chi connectivity index (χ4n) is 1.80. The summed E-state index contributed by atoms with van der Waals surface area (Å²) in [6.45, 7) is 0. The molecule has 126 valence electrons. The van der Waals surface area contributed by atoms with Gasteiger partial charge in [0, 0.05) is 6.07 Å². The molecule has 1 amide bonds. The number of hydrazone groups is 1. The van der Waals surface area contributed by atoms with Crippen LogP contribution in [0.3, 0.4) is 0 Å². The van der Waals surface area contributed by atoms with E-state index in [9.17, 15) is 14.9 Å². The number of carbonyl (C=O) groups excluding carboxylic acids is 1. The van der Waals surface area contributed by atoms with Crippen molar-refractivity contribution >= 4 is 23.6 Å². The van der Waals surface area contributed by atoms with E-state index in [0.29, 0.717) is 0 Å². The van der Waals surface area contributed by atoms with E-state index in [2.05, 4.69) is 35.8 Å². The van der Waals surface area contributed by atoms with E-state index >= 15 is 0 Å². The van der Waals surface area contributed by atoms with E-state index in [-0.39, 0.29) is 28.6 Å². The molecular formula is C12H9N9O4. The minimum Gasteiger partial charge on any atom is -0.378 e. The first kappa shape index (κ1) is 15.7. The van der Waals surface area contributed by atoms with Crippen molar-refractivity contribution in [2.75, 3.05) is 5.73 Å². The van der Waals surface area contributed by atoms with Crippen LogP contribution < -0.4 is 11.2 Å². The third kappa shape index (κ3) is 3.29. The Morgan fingerprint density at radius 2 is 2.20 bits per heavy atom. The second-order valence-electron chi connectivity index (χ2n) is 4.54. The predicted octanol–water partition coefficient (Wildman–Crippen LogP) is -0.0954. The van der Waals surface area contributed by atoms with Gasteiger partial charge in [-0.15, -0.1) is 5.10 Å². The van der Waals surface area contributed by atoms with Gasteiger partial charge >= 0.3 is 0 Å². The molecule has 0 saturated carbocycles. The highest BCUT2D eigenvalue weighted by Gasteiger charge is 2.15. The van der Waals surface area contributed by atoms with Crippen molar-refractivity contribution in [2.45, 2.75) is 0 Å². The number of hydrogen-bond acceptors (Lipinski definition) is 10. The van der Waals surface area contributed by atoms with Crippen molar-refractivity contribution in [3.63, 3.8) is 0 Å². The van der Waals surface area contributed by atoms with Crippen LogP contribution in [-0.2, 0) is 0 Å². The largest absolute Gasteiger partial charge is 0.378 e. The lowest BCUT2D eigenvalue weighted by Crippen LogP contribution is -2.18. The molecule has 0 unspecified atom stereocenters. The number of anilines is 1. The summed E-state index contributed by atoms with van der Waals surface area (Å²) in [5, 5.41) is 28.8. The van der Waals surface area contributed by atoms with Crippen LogP contribution in [0, 0.1) is 10.1 Å². The van der Waals surface area contributed by atoms with Crippen LogP contribution in [0.5, 0.6) is 0 Å². The van der Waals surface area contributed by atoms with Gasteiger partial charge in [0.2, 0.25) is 11.6 Å².